The van der Waals surface area contributed by atoms with Crippen LogP contribution in [0.5, 0.6) is 0 Å². The molecule has 2 aromatic heterocycles. The molecule has 0 N–H and O–H groups in total. The summed E-state index contributed by atoms with van der Waals surface area (Å²) < 4.78 is 8.33. The Morgan fingerprint density at radius 1 is 0.365 bits per heavy atom. The van der Waals surface area contributed by atoms with Crippen molar-refractivity contribution in [2.24, 2.45) is 0 Å². The van der Waals surface area contributed by atoms with Gasteiger partial charge < -0.3 is 4.42 Å². The van der Waals surface area contributed by atoms with Crippen LogP contribution in [0, 0.1) is 11.3 Å². The lowest BCUT2D eigenvalue weighted by Gasteiger charge is -2.11. The molecule has 0 aliphatic heterocycles. The molecule has 10 rings (SSSR count). The molecule has 0 spiro atoms. The second-order valence-electron chi connectivity index (χ2n) is 13.2. The Morgan fingerprint density at radius 3 is 1.40 bits per heavy atom. The number of rotatable bonds is 5. The van der Waals surface area contributed by atoms with Crippen LogP contribution >= 0.6 is 11.3 Å². The lowest BCUT2D eigenvalue weighted by Crippen LogP contribution is -1.85. The van der Waals surface area contributed by atoms with Crippen LogP contribution in [0.1, 0.15) is 5.56 Å². The van der Waals surface area contributed by atoms with Gasteiger partial charge in [-0.3, -0.25) is 0 Å². The van der Waals surface area contributed by atoms with Crippen molar-refractivity contribution in [2.75, 3.05) is 0 Å². The summed E-state index contributed by atoms with van der Waals surface area (Å²) in [5.74, 6) is 0. The van der Waals surface area contributed by atoms with E-state index in [1.807, 2.05) is 24.3 Å². The predicted molar refractivity (Wildman–Crippen MR) is 219 cm³/mol. The third kappa shape index (κ3) is 5.17. The number of hydrogen-bond donors (Lipinski definition) is 0. The second kappa shape index (κ2) is 12.2. The minimum Gasteiger partial charge on any atom is -0.456 e. The molecule has 10 aromatic rings. The molecule has 0 unspecified atom stereocenters. The number of furan rings is 1. The van der Waals surface area contributed by atoms with E-state index in [-0.39, 0.29) is 0 Å². The van der Waals surface area contributed by atoms with E-state index >= 15 is 0 Å². The van der Waals surface area contributed by atoms with E-state index in [0.29, 0.717) is 0 Å². The molecule has 8 aromatic carbocycles. The fourth-order valence-corrected chi connectivity index (χ4v) is 8.69. The Labute approximate surface area is 305 Å². The van der Waals surface area contributed by atoms with Crippen LogP contribution in [0.15, 0.2) is 180 Å². The van der Waals surface area contributed by atoms with Gasteiger partial charge in [0.2, 0.25) is 0 Å². The van der Waals surface area contributed by atoms with Gasteiger partial charge in [-0.2, -0.15) is 5.26 Å². The maximum Gasteiger partial charge on any atom is 0.135 e. The Hall–Kier alpha value is -6.73. The van der Waals surface area contributed by atoms with Crippen LogP contribution in [0.25, 0.3) is 97.7 Å². The Balaban J connectivity index is 0.961. The SMILES string of the molecule is N#Cc1cccc2c1sc1cc(-c3cccc(-c4cccc(-c5cccc(-c6cccc(-c7ccc8oc9ccccc9c8c7)c6)c5)c4)c3)ccc12. The van der Waals surface area contributed by atoms with Gasteiger partial charge >= 0.3 is 0 Å². The van der Waals surface area contributed by atoms with Crippen molar-refractivity contribution >= 4 is 53.4 Å². The highest BCUT2D eigenvalue weighted by molar-refractivity contribution is 7.26. The fourth-order valence-electron chi connectivity index (χ4n) is 7.48. The Bertz CT molecular complexity index is 3050. The zero-order chi connectivity index (χ0) is 34.6. The maximum absolute atomic E-state index is 9.64. The molecule has 0 aliphatic carbocycles. The lowest BCUT2D eigenvalue weighted by atomic mass is 9.94. The van der Waals surface area contributed by atoms with Crippen molar-refractivity contribution in [2.45, 2.75) is 0 Å². The summed E-state index contributed by atoms with van der Waals surface area (Å²) in [6.45, 7) is 0. The highest BCUT2D eigenvalue weighted by Crippen LogP contribution is 2.39. The quantitative estimate of drug-likeness (QED) is 0.182. The smallest absolute Gasteiger partial charge is 0.135 e. The molecule has 0 atom stereocenters. The first-order chi connectivity index (χ1) is 25.7. The molecule has 0 radical (unpaired) electrons. The second-order valence-corrected chi connectivity index (χ2v) is 14.3. The molecule has 0 saturated carbocycles. The van der Waals surface area contributed by atoms with Crippen molar-refractivity contribution in [1.82, 2.24) is 0 Å². The minimum atomic E-state index is 0.735. The van der Waals surface area contributed by atoms with Gasteiger partial charge in [-0.1, -0.05) is 121 Å². The molecular weight excluding hydrogens is 651 g/mol. The number of thiophene rings is 1. The molecular formula is C49H29NOS. The summed E-state index contributed by atoms with van der Waals surface area (Å²) >= 11 is 1.70. The van der Waals surface area contributed by atoms with Gasteiger partial charge in [-0.05, 0) is 110 Å². The molecule has 0 fully saturated rings. The van der Waals surface area contributed by atoms with Gasteiger partial charge in [0.25, 0.3) is 0 Å². The molecule has 0 saturated heterocycles. The van der Waals surface area contributed by atoms with Gasteiger partial charge in [0.05, 0.1) is 10.3 Å². The zero-order valence-corrected chi connectivity index (χ0v) is 28.8. The third-order valence-corrected chi connectivity index (χ3v) is 11.3. The summed E-state index contributed by atoms with van der Waals surface area (Å²) in [5.41, 5.74) is 14.3. The van der Waals surface area contributed by atoms with Crippen LogP contribution in [0.4, 0.5) is 0 Å². The number of fused-ring (bicyclic) bond motifs is 6. The Kier molecular flexibility index (Phi) is 7.09. The Morgan fingerprint density at radius 2 is 0.827 bits per heavy atom. The first kappa shape index (κ1) is 30.1. The van der Waals surface area contributed by atoms with Gasteiger partial charge in [-0.25, -0.2) is 0 Å². The van der Waals surface area contributed by atoms with Crippen LogP contribution in [0.2, 0.25) is 0 Å². The fraction of sp³-hybridized carbons (Fsp3) is 0. The van der Waals surface area contributed by atoms with Crippen molar-refractivity contribution in [3.05, 3.63) is 181 Å². The standard InChI is InChI=1S/C49H29NOS/c50-30-41-16-7-18-44-43-22-20-40(29-48(43)52-49(41)44)38-15-6-13-36(27-38)34-11-4-9-32(25-34)31-8-3-10-33(24-31)35-12-5-14-37(26-35)39-21-23-47-45(28-39)42-17-1-2-19-46(42)51-47/h1-29H. The number of nitrogens with zero attached hydrogens (tertiary/aromatic N) is 1. The van der Waals surface area contributed by atoms with E-state index in [1.54, 1.807) is 11.3 Å². The first-order valence-electron chi connectivity index (χ1n) is 17.4. The van der Waals surface area contributed by atoms with Crippen LogP contribution in [-0.4, -0.2) is 0 Å². The zero-order valence-electron chi connectivity index (χ0n) is 28.0. The average Bonchev–Trinajstić information content (AvgIpc) is 3.79. The molecule has 0 aliphatic rings. The van der Waals surface area contributed by atoms with Crippen molar-refractivity contribution in [1.29, 1.82) is 5.26 Å². The molecule has 242 valence electrons. The van der Waals surface area contributed by atoms with E-state index in [2.05, 4.69) is 158 Å². The normalized spacial score (nSPS) is 11.4. The first-order valence-corrected chi connectivity index (χ1v) is 18.2. The monoisotopic (exact) mass is 679 g/mol. The van der Waals surface area contributed by atoms with E-state index in [9.17, 15) is 5.26 Å². The molecule has 52 heavy (non-hydrogen) atoms. The van der Waals surface area contributed by atoms with Crippen LogP contribution in [0.3, 0.4) is 0 Å². The van der Waals surface area contributed by atoms with Crippen molar-refractivity contribution in [3.63, 3.8) is 0 Å². The van der Waals surface area contributed by atoms with Gasteiger partial charge in [0, 0.05) is 26.2 Å². The van der Waals surface area contributed by atoms with E-state index < -0.39 is 0 Å². The molecule has 3 heteroatoms. The van der Waals surface area contributed by atoms with E-state index in [0.717, 1.165) is 37.6 Å². The summed E-state index contributed by atoms with van der Waals surface area (Å²) in [4.78, 5) is 0. The van der Waals surface area contributed by atoms with Gasteiger partial charge in [-0.15, -0.1) is 11.3 Å². The highest BCUT2D eigenvalue weighted by Gasteiger charge is 2.12. The molecule has 2 heterocycles. The minimum absolute atomic E-state index is 0.735. The lowest BCUT2D eigenvalue weighted by molar-refractivity contribution is 0.669. The van der Waals surface area contributed by atoms with Gasteiger partial charge in [0.1, 0.15) is 17.2 Å². The third-order valence-electron chi connectivity index (χ3n) is 10.1. The van der Waals surface area contributed by atoms with E-state index in [4.69, 9.17) is 4.42 Å². The molecule has 2 nitrogen and oxygen atoms in total. The highest BCUT2D eigenvalue weighted by atomic mass is 32.1. The predicted octanol–water partition coefficient (Wildman–Crippen LogP) is 14.2. The van der Waals surface area contributed by atoms with E-state index in [1.165, 1.54) is 65.7 Å². The molecule has 0 bridgehead atoms. The van der Waals surface area contributed by atoms with Crippen molar-refractivity contribution in [3.8, 4) is 61.7 Å². The number of hydrogen-bond acceptors (Lipinski definition) is 3. The summed E-state index contributed by atoms with van der Waals surface area (Å²) in [6.07, 6.45) is 0. The maximum atomic E-state index is 9.64. The summed E-state index contributed by atoms with van der Waals surface area (Å²) in [5, 5.41) is 14.3. The van der Waals surface area contributed by atoms with Crippen molar-refractivity contribution < 1.29 is 4.42 Å². The largest absolute Gasteiger partial charge is 0.456 e. The summed E-state index contributed by atoms with van der Waals surface area (Å²) in [7, 11) is 0. The van der Waals surface area contributed by atoms with Crippen LogP contribution in [-0.2, 0) is 0 Å². The average molecular weight is 680 g/mol. The number of para-hydroxylation sites is 1. The van der Waals surface area contributed by atoms with Gasteiger partial charge in [0.15, 0.2) is 0 Å². The molecule has 0 amide bonds. The number of benzene rings is 8. The summed E-state index contributed by atoms with van der Waals surface area (Å²) in [6, 6.07) is 64.9. The topological polar surface area (TPSA) is 36.9 Å². The van der Waals surface area contributed by atoms with Crippen LogP contribution < -0.4 is 0 Å². The number of nitriles is 1.